The van der Waals surface area contributed by atoms with E-state index in [0.717, 1.165) is 11.3 Å². The number of hydrogen-bond acceptors (Lipinski definition) is 3. The van der Waals surface area contributed by atoms with Gasteiger partial charge in [0.2, 0.25) is 5.91 Å². The Bertz CT molecular complexity index is 369. The molecule has 1 aromatic heterocycles. The van der Waals surface area contributed by atoms with E-state index in [9.17, 15) is 4.79 Å². The molecule has 1 heterocycles. The maximum absolute atomic E-state index is 11.8. The Morgan fingerprint density at radius 2 is 2.06 bits per heavy atom. The number of carbonyl (C=O) groups is 1. The first-order valence-corrected chi connectivity index (χ1v) is 4.89. The highest BCUT2D eigenvalue weighted by Gasteiger charge is 2.25. The zero-order valence-corrected chi connectivity index (χ0v) is 11.8. The van der Waals surface area contributed by atoms with E-state index in [-0.39, 0.29) is 30.7 Å². The first-order chi connectivity index (χ1) is 6.97. The molecule has 3 N–H and O–H groups in total. The van der Waals surface area contributed by atoms with Crippen molar-refractivity contribution in [1.82, 2.24) is 4.98 Å². The van der Waals surface area contributed by atoms with Gasteiger partial charge in [-0.3, -0.25) is 9.78 Å². The number of aryl methyl sites for hydroxylation is 1. The Hall–Kier alpha value is -0.840. The van der Waals surface area contributed by atoms with Crippen LogP contribution in [-0.2, 0) is 4.79 Å². The van der Waals surface area contributed by atoms with Crippen molar-refractivity contribution in [1.29, 1.82) is 0 Å². The standard InChI is InChI=1S/C11H17N3O.2ClH/c1-8-4-5-13-6-9(8)14-10(15)11(2,3)7-12;;/h4-6H,7,12H2,1-3H3,(H,14,15);2*1H. The fourth-order valence-electron chi connectivity index (χ4n) is 0.979. The second kappa shape index (κ2) is 7.48. The number of halogens is 2. The van der Waals surface area contributed by atoms with Crippen LogP contribution >= 0.6 is 24.8 Å². The average Bonchev–Trinajstić information content (AvgIpc) is 2.21. The average molecular weight is 280 g/mol. The van der Waals surface area contributed by atoms with Gasteiger partial charge in [-0.2, -0.15) is 0 Å². The second-order valence-corrected chi connectivity index (χ2v) is 4.23. The maximum atomic E-state index is 11.8. The van der Waals surface area contributed by atoms with Crippen molar-refractivity contribution in [2.45, 2.75) is 20.8 Å². The second-order valence-electron chi connectivity index (χ2n) is 4.23. The lowest BCUT2D eigenvalue weighted by molar-refractivity contribution is -0.123. The van der Waals surface area contributed by atoms with Gasteiger partial charge in [0, 0.05) is 12.7 Å². The van der Waals surface area contributed by atoms with Crippen molar-refractivity contribution in [3.05, 3.63) is 24.0 Å². The molecule has 0 saturated carbocycles. The molecule has 0 unspecified atom stereocenters. The van der Waals surface area contributed by atoms with E-state index in [0.29, 0.717) is 6.54 Å². The topological polar surface area (TPSA) is 68.0 Å². The number of anilines is 1. The van der Waals surface area contributed by atoms with Gasteiger partial charge in [-0.25, -0.2) is 0 Å². The summed E-state index contributed by atoms with van der Waals surface area (Å²) in [7, 11) is 0. The van der Waals surface area contributed by atoms with Gasteiger partial charge in [0.15, 0.2) is 0 Å². The monoisotopic (exact) mass is 279 g/mol. The van der Waals surface area contributed by atoms with Crippen LogP contribution in [0, 0.1) is 12.3 Å². The van der Waals surface area contributed by atoms with Crippen LogP contribution in [0.2, 0.25) is 0 Å². The van der Waals surface area contributed by atoms with Gasteiger partial charge < -0.3 is 11.1 Å². The normalized spacial score (nSPS) is 9.88. The van der Waals surface area contributed by atoms with Crippen LogP contribution in [0.1, 0.15) is 19.4 Å². The third-order valence-corrected chi connectivity index (χ3v) is 2.41. The minimum atomic E-state index is -0.553. The summed E-state index contributed by atoms with van der Waals surface area (Å²) in [5.74, 6) is -0.0823. The third-order valence-electron chi connectivity index (χ3n) is 2.41. The van der Waals surface area contributed by atoms with E-state index < -0.39 is 5.41 Å². The summed E-state index contributed by atoms with van der Waals surface area (Å²) in [4.78, 5) is 15.8. The number of hydrogen-bond donors (Lipinski definition) is 2. The lowest BCUT2D eigenvalue weighted by atomic mass is 9.92. The summed E-state index contributed by atoms with van der Waals surface area (Å²) >= 11 is 0. The van der Waals surface area contributed by atoms with Gasteiger partial charge in [0.1, 0.15) is 0 Å². The summed E-state index contributed by atoms with van der Waals surface area (Å²) in [5.41, 5.74) is 6.70. The number of carbonyl (C=O) groups excluding carboxylic acids is 1. The van der Waals surface area contributed by atoms with E-state index in [1.807, 2.05) is 26.8 Å². The third kappa shape index (κ3) is 4.89. The molecular formula is C11H19Cl2N3O. The molecule has 0 fully saturated rings. The fraction of sp³-hybridized carbons (Fsp3) is 0.455. The van der Waals surface area contributed by atoms with Gasteiger partial charge >= 0.3 is 0 Å². The molecule has 0 aliphatic carbocycles. The van der Waals surface area contributed by atoms with E-state index in [4.69, 9.17) is 5.73 Å². The lowest BCUT2D eigenvalue weighted by Gasteiger charge is -2.21. The van der Waals surface area contributed by atoms with Crippen molar-refractivity contribution < 1.29 is 4.79 Å². The van der Waals surface area contributed by atoms with Crippen molar-refractivity contribution in [2.75, 3.05) is 11.9 Å². The van der Waals surface area contributed by atoms with E-state index in [1.165, 1.54) is 0 Å². The minimum absolute atomic E-state index is 0. The zero-order chi connectivity index (χ0) is 11.5. The number of aromatic nitrogens is 1. The van der Waals surface area contributed by atoms with E-state index in [2.05, 4.69) is 10.3 Å². The van der Waals surface area contributed by atoms with Gasteiger partial charge in [0.25, 0.3) is 0 Å². The number of nitrogens with zero attached hydrogens (tertiary/aromatic N) is 1. The highest BCUT2D eigenvalue weighted by Crippen LogP contribution is 2.18. The molecule has 4 nitrogen and oxygen atoms in total. The molecule has 17 heavy (non-hydrogen) atoms. The number of rotatable bonds is 3. The Kier molecular flexibility index (Phi) is 8.15. The van der Waals surface area contributed by atoms with Crippen molar-refractivity contribution >= 4 is 36.4 Å². The van der Waals surface area contributed by atoms with Crippen LogP contribution in [0.3, 0.4) is 0 Å². The van der Waals surface area contributed by atoms with Crippen molar-refractivity contribution in [2.24, 2.45) is 11.1 Å². The van der Waals surface area contributed by atoms with E-state index >= 15 is 0 Å². The summed E-state index contributed by atoms with van der Waals surface area (Å²) in [5, 5.41) is 2.82. The lowest BCUT2D eigenvalue weighted by Crippen LogP contribution is -2.37. The number of nitrogens with two attached hydrogens (primary N) is 1. The maximum Gasteiger partial charge on any atom is 0.231 e. The highest BCUT2D eigenvalue weighted by molar-refractivity contribution is 5.95. The predicted molar refractivity (Wildman–Crippen MR) is 74.9 cm³/mol. The molecule has 0 radical (unpaired) electrons. The molecule has 0 aliphatic heterocycles. The molecule has 0 bridgehead atoms. The molecule has 0 aliphatic rings. The van der Waals surface area contributed by atoms with Gasteiger partial charge in [0.05, 0.1) is 17.3 Å². The van der Waals surface area contributed by atoms with Crippen LogP contribution in [0.5, 0.6) is 0 Å². The first-order valence-electron chi connectivity index (χ1n) is 4.89. The smallest absolute Gasteiger partial charge is 0.231 e. The fourth-order valence-corrected chi connectivity index (χ4v) is 0.979. The molecule has 1 amide bonds. The summed E-state index contributed by atoms with van der Waals surface area (Å²) in [6.45, 7) is 5.87. The highest BCUT2D eigenvalue weighted by atomic mass is 35.5. The first kappa shape index (κ1) is 18.5. The predicted octanol–water partition coefficient (Wildman–Crippen LogP) is 2.16. The Morgan fingerprint density at radius 3 is 2.53 bits per heavy atom. The van der Waals surface area contributed by atoms with Gasteiger partial charge in [-0.1, -0.05) is 0 Å². The van der Waals surface area contributed by atoms with Crippen LogP contribution < -0.4 is 11.1 Å². The van der Waals surface area contributed by atoms with Crippen LogP contribution in [0.4, 0.5) is 5.69 Å². The molecule has 0 saturated heterocycles. The van der Waals surface area contributed by atoms with Crippen molar-refractivity contribution in [3.8, 4) is 0 Å². The van der Waals surface area contributed by atoms with Crippen LogP contribution in [0.15, 0.2) is 18.5 Å². The van der Waals surface area contributed by atoms with Crippen molar-refractivity contribution in [3.63, 3.8) is 0 Å². The molecule has 98 valence electrons. The molecule has 0 aromatic carbocycles. The molecule has 0 atom stereocenters. The summed E-state index contributed by atoms with van der Waals surface area (Å²) in [6, 6.07) is 1.85. The molecule has 0 spiro atoms. The Morgan fingerprint density at radius 1 is 1.47 bits per heavy atom. The summed E-state index contributed by atoms with van der Waals surface area (Å²) < 4.78 is 0. The molecular weight excluding hydrogens is 261 g/mol. The number of nitrogens with one attached hydrogen (secondary N) is 1. The molecule has 1 aromatic rings. The zero-order valence-electron chi connectivity index (χ0n) is 10.2. The van der Waals surface area contributed by atoms with E-state index in [1.54, 1.807) is 12.4 Å². The molecule has 6 heteroatoms. The summed E-state index contributed by atoms with van der Waals surface area (Å²) in [6.07, 6.45) is 3.33. The van der Waals surface area contributed by atoms with Crippen LogP contribution in [0.25, 0.3) is 0 Å². The Balaban J connectivity index is 0. The van der Waals surface area contributed by atoms with Gasteiger partial charge in [-0.05, 0) is 32.4 Å². The Labute approximate surface area is 114 Å². The number of amides is 1. The SMILES string of the molecule is Cc1ccncc1NC(=O)C(C)(C)CN.Cl.Cl. The van der Waals surface area contributed by atoms with Crippen LogP contribution in [-0.4, -0.2) is 17.4 Å². The number of pyridine rings is 1. The molecule has 1 rings (SSSR count). The largest absolute Gasteiger partial charge is 0.329 e. The quantitative estimate of drug-likeness (QED) is 0.891. The van der Waals surface area contributed by atoms with Gasteiger partial charge in [-0.15, -0.1) is 24.8 Å². The minimum Gasteiger partial charge on any atom is -0.329 e.